The van der Waals surface area contributed by atoms with E-state index in [-0.39, 0.29) is 5.82 Å². The number of rotatable bonds is 8. The van der Waals surface area contributed by atoms with E-state index in [1.807, 2.05) is 24.3 Å². The molecule has 2 aromatic heterocycles. The van der Waals surface area contributed by atoms with E-state index in [1.54, 1.807) is 14.0 Å². The Morgan fingerprint density at radius 2 is 1.77 bits per heavy atom. The molecule has 2 heterocycles. The molecule has 0 saturated heterocycles. The van der Waals surface area contributed by atoms with Crippen molar-refractivity contribution in [2.45, 2.75) is 24.0 Å². The maximum Gasteiger partial charge on any atom is 0.277 e. The minimum Gasteiger partial charge on any atom is -0.497 e. The van der Waals surface area contributed by atoms with Gasteiger partial charge in [0.05, 0.1) is 12.9 Å². The first kappa shape index (κ1) is 19.9. The lowest BCUT2D eigenvalue weighted by molar-refractivity contribution is 0.181. The molecule has 0 bridgehead atoms. The van der Waals surface area contributed by atoms with Gasteiger partial charge in [0.1, 0.15) is 17.3 Å². The second-order valence-electron chi connectivity index (χ2n) is 6.15. The third-order valence-corrected chi connectivity index (χ3v) is 4.84. The highest BCUT2D eigenvalue weighted by molar-refractivity contribution is 7.98. The molecule has 8 nitrogen and oxygen atoms in total. The van der Waals surface area contributed by atoms with Crippen LogP contribution in [-0.4, -0.2) is 27.4 Å². The third-order valence-electron chi connectivity index (χ3n) is 4.03. The highest BCUT2D eigenvalue weighted by Gasteiger charge is 2.17. The van der Waals surface area contributed by atoms with Crippen molar-refractivity contribution in [2.75, 3.05) is 7.11 Å². The van der Waals surface area contributed by atoms with E-state index in [9.17, 15) is 4.39 Å². The number of hydrogen-bond donors (Lipinski definition) is 0. The fourth-order valence-electron chi connectivity index (χ4n) is 2.51. The molecule has 10 heteroatoms. The van der Waals surface area contributed by atoms with Crippen molar-refractivity contribution < 1.29 is 22.8 Å². The van der Waals surface area contributed by atoms with Crippen molar-refractivity contribution in [3.8, 4) is 22.9 Å². The first-order chi connectivity index (χ1) is 14.6. The average molecular weight is 428 g/mol. The number of nitrogens with zero attached hydrogens (tertiary/aromatic N) is 4. The molecule has 0 saturated carbocycles. The smallest absolute Gasteiger partial charge is 0.277 e. The maximum atomic E-state index is 13.0. The summed E-state index contributed by atoms with van der Waals surface area (Å²) in [5, 5.41) is 12.3. The number of halogens is 1. The minimum atomic E-state index is -0.484. The summed E-state index contributed by atoms with van der Waals surface area (Å²) in [6.45, 7) is 1.77. The molecule has 0 radical (unpaired) electrons. The van der Waals surface area contributed by atoms with E-state index in [4.69, 9.17) is 18.4 Å². The Balaban J connectivity index is 1.34. The number of benzene rings is 2. The Bertz CT molecular complexity index is 1100. The van der Waals surface area contributed by atoms with E-state index in [0.29, 0.717) is 34.3 Å². The van der Waals surface area contributed by atoms with Crippen LogP contribution in [0.15, 0.2) is 62.7 Å². The molecule has 0 fully saturated rings. The molecule has 0 aliphatic carbocycles. The van der Waals surface area contributed by atoms with Crippen LogP contribution in [0.1, 0.15) is 24.8 Å². The summed E-state index contributed by atoms with van der Waals surface area (Å²) in [5.74, 6) is 2.53. The highest BCUT2D eigenvalue weighted by Crippen LogP contribution is 2.27. The molecular formula is C20H17FN4O4S. The number of methoxy groups -OCH3 is 1. The Hall–Kier alpha value is -3.40. The van der Waals surface area contributed by atoms with Gasteiger partial charge in [-0.2, -0.15) is 4.98 Å². The minimum absolute atomic E-state index is 0.311. The van der Waals surface area contributed by atoms with Gasteiger partial charge >= 0.3 is 0 Å². The van der Waals surface area contributed by atoms with Gasteiger partial charge in [0, 0.05) is 5.56 Å². The summed E-state index contributed by atoms with van der Waals surface area (Å²) in [6, 6.07) is 13.1. The van der Waals surface area contributed by atoms with Crippen molar-refractivity contribution in [2.24, 2.45) is 0 Å². The van der Waals surface area contributed by atoms with Gasteiger partial charge in [-0.1, -0.05) is 16.9 Å². The van der Waals surface area contributed by atoms with Crippen LogP contribution in [0, 0.1) is 5.82 Å². The lowest BCUT2D eigenvalue weighted by Gasteiger charge is -2.10. The Labute approximate surface area is 175 Å². The normalized spacial score (nSPS) is 12.0. The molecule has 2 aromatic carbocycles. The lowest BCUT2D eigenvalue weighted by atomic mass is 10.2. The molecular weight excluding hydrogens is 411 g/mol. The number of ether oxygens (including phenoxy) is 2. The SMILES string of the molecule is COc1ccc(-c2noc(CSc3nnc(C(C)Oc4ccc(F)cc4)o3)n2)cc1. The second-order valence-corrected chi connectivity index (χ2v) is 7.08. The quantitative estimate of drug-likeness (QED) is 0.370. The predicted octanol–water partition coefficient (Wildman–Crippen LogP) is 4.70. The van der Waals surface area contributed by atoms with Crippen LogP contribution in [0.25, 0.3) is 11.4 Å². The van der Waals surface area contributed by atoms with Crippen LogP contribution in [0.3, 0.4) is 0 Å². The lowest BCUT2D eigenvalue weighted by Crippen LogP contribution is -2.03. The van der Waals surface area contributed by atoms with Crippen LogP contribution in [0.2, 0.25) is 0 Å². The van der Waals surface area contributed by atoms with Gasteiger partial charge < -0.3 is 18.4 Å². The summed E-state index contributed by atoms with van der Waals surface area (Å²) < 4.78 is 34.7. The van der Waals surface area contributed by atoms with Crippen LogP contribution in [-0.2, 0) is 5.75 Å². The molecule has 1 unspecified atom stereocenters. The molecule has 0 spiro atoms. The molecule has 0 aliphatic heterocycles. The van der Waals surface area contributed by atoms with Crippen molar-refractivity contribution in [1.29, 1.82) is 0 Å². The van der Waals surface area contributed by atoms with Crippen molar-refractivity contribution in [1.82, 2.24) is 20.3 Å². The van der Waals surface area contributed by atoms with Crippen LogP contribution in [0.4, 0.5) is 4.39 Å². The van der Waals surface area contributed by atoms with Crippen LogP contribution >= 0.6 is 11.8 Å². The molecule has 0 amide bonds. The van der Waals surface area contributed by atoms with Gasteiger partial charge in [0.2, 0.25) is 11.7 Å². The van der Waals surface area contributed by atoms with E-state index in [0.717, 1.165) is 11.3 Å². The van der Waals surface area contributed by atoms with Gasteiger partial charge in [-0.25, -0.2) is 4.39 Å². The molecule has 0 aliphatic rings. The van der Waals surface area contributed by atoms with Gasteiger partial charge in [-0.05, 0) is 55.5 Å². The largest absolute Gasteiger partial charge is 0.497 e. The molecule has 30 heavy (non-hydrogen) atoms. The second kappa shape index (κ2) is 8.95. The maximum absolute atomic E-state index is 13.0. The van der Waals surface area contributed by atoms with Crippen LogP contribution in [0.5, 0.6) is 11.5 Å². The van der Waals surface area contributed by atoms with Crippen molar-refractivity contribution in [3.63, 3.8) is 0 Å². The zero-order chi connectivity index (χ0) is 20.9. The van der Waals surface area contributed by atoms with Gasteiger partial charge in [-0.3, -0.25) is 0 Å². The van der Waals surface area contributed by atoms with Gasteiger partial charge in [0.15, 0.2) is 6.10 Å². The van der Waals surface area contributed by atoms with Gasteiger partial charge in [0.25, 0.3) is 11.1 Å². The number of hydrogen-bond acceptors (Lipinski definition) is 9. The molecule has 154 valence electrons. The highest BCUT2D eigenvalue weighted by atomic mass is 32.2. The average Bonchev–Trinajstić information content (AvgIpc) is 3.44. The van der Waals surface area contributed by atoms with E-state index in [1.165, 1.54) is 36.0 Å². The van der Waals surface area contributed by atoms with Crippen molar-refractivity contribution >= 4 is 11.8 Å². The number of aromatic nitrogens is 4. The van der Waals surface area contributed by atoms with Gasteiger partial charge in [-0.15, -0.1) is 10.2 Å². The van der Waals surface area contributed by atoms with Crippen LogP contribution < -0.4 is 9.47 Å². The summed E-state index contributed by atoms with van der Waals surface area (Å²) in [6.07, 6.45) is -0.484. The first-order valence-electron chi connectivity index (χ1n) is 8.96. The molecule has 4 rings (SSSR count). The molecule has 4 aromatic rings. The third kappa shape index (κ3) is 4.77. The zero-order valence-corrected chi connectivity index (χ0v) is 16.9. The topological polar surface area (TPSA) is 96.3 Å². The summed E-state index contributed by atoms with van der Waals surface area (Å²) in [5.41, 5.74) is 0.822. The number of thioether (sulfide) groups is 1. The van der Waals surface area contributed by atoms with E-state index in [2.05, 4.69) is 20.3 Å². The first-order valence-corrected chi connectivity index (χ1v) is 9.94. The van der Waals surface area contributed by atoms with Crippen molar-refractivity contribution in [3.05, 3.63) is 66.1 Å². The standard InChI is InChI=1S/C20H17FN4O4S/c1-12(27-16-9-5-14(21)6-10-16)19-23-24-20(28-19)30-11-17-22-18(25-29-17)13-3-7-15(26-2)8-4-13/h3-10,12H,11H2,1-2H3. The monoisotopic (exact) mass is 428 g/mol. The fraction of sp³-hybridized carbons (Fsp3) is 0.200. The fourth-order valence-corrected chi connectivity index (χ4v) is 3.11. The Kier molecular flexibility index (Phi) is 5.94. The molecule has 0 N–H and O–H groups in total. The predicted molar refractivity (Wildman–Crippen MR) is 106 cm³/mol. The zero-order valence-electron chi connectivity index (χ0n) is 16.1. The molecule has 1 atom stereocenters. The summed E-state index contributed by atoms with van der Waals surface area (Å²) in [4.78, 5) is 4.37. The summed E-state index contributed by atoms with van der Waals surface area (Å²) in [7, 11) is 1.61. The summed E-state index contributed by atoms with van der Waals surface area (Å²) >= 11 is 1.27. The van der Waals surface area contributed by atoms with E-state index >= 15 is 0 Å². The Morgan fingerprint density at radius 3 is 2.50 bits per heavy atom. The van der Waals surface area contributed by atoms with E-state index < -0.39 is 6.10 Å². The Morgan fingerprint density at radius 1 is 1.03 bits per heavy atom.